The predicted octanol–water partition coefficient (Wildman–Crippen LogP) is 6.68. The summed E-state index contributed by atoms with van der Waals surface area (Å²) in [6, 6.07) is 22.8. The molecule has 1 heterocycles. The van der Waals surface area contributed by atoms with Crippen LogP contribution in [0.25, 0.3) is 22.2 Å². The minimum Gasteiger partial charge on any atom is -0.354 e. The Balaban J connectivity index is 1.51. The summed E-state index contributed by atoms with van der Waals surface area (Å²) in [4.78, 5) is 15.8. The van der Waals surface area contributed by atoms with Gasteiger partial charge in [-0.1, -0.05) is 81.3 Å². The molecule has 0 aliphatic carbocycles. The number of carbonyl (C=O) groups excluding carboxylic acids is 1. The molecule has 0 spiro atoms. The maximum atomic E-state index is 12.9. The van der Waals surface area contributed by atoms with E-state index in [0.717, 1.165) is 46.1 Å². The second-order valence-electron chi connectivity index (χ2n) is 9.13. The molecule has 1 aromatic heterocycles. The second kappa shape index (κ2) is 11.7. The average Bonchev–Trinajstić information content (AvgIpc) is 3.27. The third-order valence-electron chi connectivity index (χ3n) is 6.60. The summed E-state index contributed by atoms with van der Waals surface area (Å²) < 4.78 is 28.6. The molecule has 0 radical (unpaired) electrons. The number of rotatable bonds is 12. The number of benzene rings is 3. The molecule has 3 aromatic carbocycles. The van der Waals surface area contributed by atoms with E-state index in [1.165, 1.54) is 12.8 Å². The monoisotopic (exact) mass is 502 g/mol. The van der Waals surface area contributed by atoms with Gasteiger partial charge in [-0.05, 0) is 54.2 Å². The molecule has 36 heavy (non-hydrogen) atoms. The van der Waals surface area contributed by atoms with Gasteiger partial charge >= 0.3 is 0 Å². The lowest BCUT2D eigenvalue weighted by molar-refractivity contribution is 0.0988. The number of fused-ring (bicyclic) bond motifs is 1. The molecule has 188 valence electrons. The summed E-state index contributed by atoms with van der Waals surface area (Å²) in [6.45, 7) is 4.31. The third kappa shape index (κ3) is 5.94. The Morgan fingerprint density at radius 1 is 0.861 bits per heavy atom. The number of carbonyl (C=O) groups is 1. The molecule has 0 aliphatic rings. The van der Waals surface area contributed by atoms with Gasteiger partial charge in [0.25, 0.3) is 0 Å². The fourth-order valence-corrected chi connectivity index (χ4v) is 5.57. The van der Waals surface area contributed by atoms with E-state index in [4.69, 9.17) is 0 Å². The lowest BCUT2D eigenvalue weighted by atomic mass is 10.0. The highest BCUT2D eigenvalue weighted by Gasteiger charge is 2.17. The van der Waals surface area contributed by atoms with E-state index in [1.54, 1.807) is 12.1 Å². The average molecular weight is 503 g/mol. The highest BCUT2D eigenvalue weighted by atomic mass is 32.2. The van der Waals surface area contributed by atoms with Crippen LogP contribution in [-0.4, -0.2) is 25.7 Å². The highest BCUT2D eigenvalue weighted by molar-refractivity contribution is 7.89. The van der Waals surface area contributed by atoms with Gasteiger partial charge in [-0.15, -0.1) is 0 Å². The number of aromatic amines is 1. The molecule has 0 unspecified atom stereocenters. The third-order valence-corrected chi connectivity index (χ3v) is 8.08. The topological polar surface area (TPSA) is 79.0 Å². The molecule has 0 aliphatic heterocycles. The Labute approximate surface area is 214 Å². The molecule has 0 saturated heterocycles. The first kappa shape index (κ1) is 25.9. The van der Waals surface area contributed by atoms with Crippen molar-refractivity contribution in [2.24, 2.45) is 0 Å². The maximum Gasteiger partial charge on any atom is 0.240 e. The SMILES string of the molecule is CCCCCc1ccc(S(=O)(=O)NCCc2c(-c3ccc(C(=O)CC)cc3)[nH]c3ccccc23)cc1. The van der Waals surface area contributed by atoms with Crippen molar-refractivity contribution in [1.82, 2.24) is 9.71 Å². The van der Waals surface area contributed by atoms with Crippen LogP contribution in [0.15, 0.2) is 77.7 Å². The van der Waals surface area contributed by atoms with Gasteiger partial charge in [0.2, 0.25) is 10.0 Å². The van der Waals surface area contributed by atoms with Gasteiger partial charge in [-0.2, -0.15) is 0 Å². The Morgan fingerprint density at radius 3 is 2.28 bits per heavy atom. The molecule has 0 atom stereocenters. The molecular weight excluding hydrogens is 468 g/mol. The quantitative estimate of drug-likeness (QED) is 0.167. The number of Topliss-reactive ketones (excluding diaryl/α,β-unsaturated/α-hetero) is 1. The smallest absolute Gasteiger partial charge is 0.240 e. The van der Waals surface area contributed by atoms with Crippen molar-refractivity contribution >= 4 is 26.7 Å². The number of hydrogen-bond acceptors (Lipinski definition) is 3. The zero-order valence-corrected chi connectivity index (χ0v) is 21.8. The van der Waals surface area contributed by atoms with Crippen LogP contribution in [-0.2, 0) is 22.9 Å². The van der Waals surface area contributed by atoms with Gasteiger partial charge in [0, 0.05) is 35.1 Å². The highest BCUT2D eigenvalue weighted by Crippen LogP contribution is 2.31. The summed E-state index contributed by atoms with van der Waals surface area (Å²) in [5, 5.41) is 1.07. The maximum absolute atomic E-state index is 12.9. The Morgan fingerprint density at radius 2 is 1.58 bits per heavy atom. The molecular formula is C30H34N2O3S. The van der Waals surface area contributed by atoms with Crippen LogP contribution in [0, 0.1) is 0 Å². The number of sulfonamides is 1. The van der Waals surface area contributed by atoms with Crippen LogP contribution in [0.1, 0.15) is 61.0 Å². The van der Waals surface area contributed by atoms with E-state index in [1.807, 2.05) is 67.6 Å². The Bertz CT molecular complexity index is 1420. The molecule has 0 bridgehead atoms. The van der Waals surface area contributed by atoms with E-state index in [9.17, 15) is 13.2 Å². The van der Waals surface area contributed by atoms with Crippen LogP contribution in [0.4, 0.5) is 0 Å². The zero-order valence-electron chi connectivity index (χ0n) is 21.0. The number of aromatic nitrogens is 1. The number of ketones is 1. The summed E-state index contributed by atoms with van der Waals surface area (Å²) in [5.74, 6) is 0.113. The molecule has 2 N–H and O–H groups in total. The Hall–Kier alpha value is -3.22. The molecule has 4 rings (SSSR count). The number of H-pyrrole nitrogens is 1. The van der Waals surface area contributed by atoms with E-state index in [0.29, 0.717) is 18.4 Å². The summed E-state index contributed by atoms with van der Waals surface area (Å²) in [7, 11) is -3.60. The van der Waals surface area contributed by atoms with Gasteiger partial charge in [0.05, 0.1) is 4.90 Å². The fraction of sp³-hybridized carbons (Fsp3) is 0.300. The van der Waals surface area contributed by atoms with Gasteiger partial charge in [0.15, 0.2) is 5.78 Å². The second-order valence-corrected chi connectivity index (χ2v) is 10.9. The van der Waals surface area contributed by atoms with Crippen molar-refractivity contribution in [3.05, 3.63) is 89.5 Å². The van der Waals surface area contributed by atoms with Crippen LogP contribution < -0.4 is 4.72 Å². The number of nitrogens with one attached hydrogen (secondary N) is 2. The fourth-order valence-electron chi connectivity index (χ4n) is 4.54. The van der Waals surface area contributed by atoms with Crippen molar-refractivity contribution < 1.29 is 13.2 Å². The first-order chi connectivity index (χ1) is 17.4. The van der Waals surface area contributed by atoms with Crippen LogP contribution in [0.3, 0.4) is 0 Å². The van der Waals surface area contributed by atoms with E-state index in [2.05, 4.69) is 16.6 Å². The van der Waals surface area contributed by atoms with Crippen molar-refractivity contribution in [3.8, 4) is 11.3 Å². The minimum absolute atomic E-state index is 0.113. The number of hydrogen-bond donors (Lipinski definition) is 2. The van der Waals surface area contributed by atoms with Gasteiger partial charge in [0.1, 0.15) is 0 Å². The van der Waals surface area contributed by atoms with Crippen LogP contribution >= 0.6 is 0 Å². The predicted molar refractivity (Wildman–Crippen MR) is 147 cm³/mol. The normalized spacial score (nSPS) is 11.7. The van der Waals surface area contributed by atoms with Crippen LogP contribution in [0.2, 0.25) is 0 Å². The van der Waals surface area contributed by atoms with E-state index in [-0.39, 0.29) is 17.2 Å². The van der Waals surface area contributed by atoms with E-state index < -0.39 is 10.0 Å². The summed E-state index contributed by atoms with van der Waals surface area (Å²) in [6.07, 6.45) is 5.43. The van der Waals surface area contributed by atoms with Crippen molar-refractivity contribution in [3.63, 3.8) is 0 Å². The molecule has 0 fully saturated rings. The van der Waals surface area contributed by atoms with Gasteiger partial charge in [-0.25, -0.2) is 13.1 Å². The lowest BCUT2D eigenvalue weighted by Gasteiger charge is -2.10. The minimum atomic E-state index is -3.60. The van der Waals surface area contributed by atoms with Gasteiger partial charge < -0.3 is 4.98 Å². The van der Waals surface area contributed by atoms with Gasteiger partial charge in [-0.3, -0.25) is 4.79 Å². The molecule has 0 saturated carbocycles. The molecule has 0 amide bonds. The molecule has 5 nitrogen and oxygen atoms in total. The largest absolute Gasteiger partial charge is 0.354 e. The number of para-hydroxylation sites is 1. The van der Waals surface area contributed by atoms with E-state index >= 15 is 0 Å². The van der Waals surface area contributed by atoms with Crippen molar-refractivity contribution in [2.45, 2.75) is 57.3 Å². The number of aryl methyl sites for hydroxylation is 1. The molecule has 6 heteroatoms. The zero-order chi connectivity index (χ0) is 25.5. The first-order valence-electron chi connectivity index (χ1n) is 12.7. The van der Waals surface area contributed by atoms with Crippen molar-refractivity contribution in [2.75, 3.05) is 6.54 Å². The first-order valence-corrected chi connectivity index (χ1v) is 14.2. The Kier molecular flexibility index (Phi) is 8.39. The summed E-state index contributed by atoms with van der Waals surface area (Å²) >= 11 is 0. The standard InChI is InChI=1S/C30H34N2O3S/c1-3-5-6-9-22-12-18-25(19-13-22)36(34,35)31-21-20-27-26-10-7-8-11-28(26)32-30(27)24-16-14-23(15-17-24)29(33)4-2/h7-8,10-19,31-32H,3-6,9,20-21H2,1-2H3. The van der Waals surface area contributed by atoms with Crippen LogP contribution in [0.5, 0.6) is 0 Å². The number of unbranched alkanes of at least 4 members (excludes halogenated alkanes) is 2. The van der Waals surface area contributed by atoms with Crippen molar-refractivity contribution in [1.29, 1.82) is 0 Å². The summed E-state index contributed by atoms with van der Waals surface area (Å²) in [5.41, 5.74) is 5.82. The lowest BCUT2D eigenvalue weighted by Crippen LogP contribution is -2.26. The molecule has 4 aromatic rings.